The van der Waals surface area contributed by atoms with Gasteiger partial charge in [-0.3, -0.25) is 15.1 Å². The first kappa shape index (κ1) is 14.1. The van der Waals surface area contributed by atoms with E-state index < -0.39 is 0 Å². The second-order valence-corrected chi connectivity index (χ2v) is 5.20. The van der Waals surface area contributed by atoms with Gasteiger partial charge in [-0.05, 0) is 37.3 Å². The number of furan rings is 1. The first-order valence-corrected chi connectivity index (χ1v) is 7.25. The number of rotatable bonds is 3. The molecule has 0 saturated carbocycles. The first-order valence-electron chi connectivity index (χ1n) is 7.25. The normalized spacial score (nSPS) is 10.9. The van der Waals surface area contributed by atoms with E-state index in [1.807, 2.05) is 25.1 Å². The van der Waals surface area contributed by atoms with E-state index >= 15 is 0 Å². The van der Waals surface area contributed by atoms with E-state index in [2.05, 4.69) is 20.5 Å². The van der Waals surface area contributed by atoms with E-state index in [0.29, 0.717) is 11.3 Å². The molecule has 0 unspecified atom stereocenters. The molecule has 0 spiro atoms. The SMILES string of the molecule is Cc1ccc2ccc(C(=O)Nc3nnc(-c4ccco4)o3)cc2n1. The number of hydrogen-bond acceptors (Lipinski definition) is 6. The van der Waals surface area contributed by atoms with Crippen LogP contribution in [-0.2, 0) is 0 Å². The van der Waals surface area contributed by atoms with Crippen molar-refractivity contribution < 1.29 is 13.6 Å². The molecule has 0 fully saturated rings. The Hall–Kier alpha value is -3.48. The molecular formula is C17H12N4O3. The summed E-state index contributed by atoms with van der Waals surface area (Å²) in [5.74, 6) is 0.286. The number of carbonyl (C=O) groups excluding carboxylic acids is 1. The van der Waals surface area contributed by atoms with Crippen molar-refractivity contribution in [3.8, 4) is 11.7 Å². The molecule has 0 saturated heterocycles. The Labute approximate surface area is 136 Å². The Morgan fingerprint density at radius 1 is 1.12 bits per heavy atom. The first-order chi connectivity index (χ1) is 11.7. The van der Waals surface area contributed by atoms with E-state index in [0.717, 1.165) is 16.6 Å². The lowest BCUT2D eigenvalue weighted by Crippen LogP contribution is -2.12. The minimum absolute atomic E-state index is 0.00342. The van der Waals surface area contributed by atoms with E-state index in [1.165, 1.54) is 6.26 Å². The van der Waals surface area contributed by atoms with Crippen LogP contribution in [0, 0.1) is 6.92 Å². The highest BCUT2D eigenvalue weighted by atomic mass is 16.4. The molecule has 4 rings (SSSR count). The van der Waals surface area contributed by atoms with Gasteiger partial charge in [-0.15, -0.1) is 5.10 Å². The van der Waals surface area contributed by atoms with Crippen LogP contribution in [0.1, 0.15) is 16.1 Å². The highest BCUT2D eigenvalue weighted by molar-refractivity contribution is 6.05. The van der Waals surface area contributed by atoms with Gasteiger partial charge in [0.25, 0.3) is 11.8 Å². The molecule has 0 atom stereocenters. The van der Waals surface area contributed by atoms with Crippen LogP contribution >= 0.6 is 0 Å². The van der Waals surface area contributed by atoms with E-state index in [4.69, 9.17) is 8.83 Å². The van der Waals surface area contributed by atoms with Crippen molar-refractivity contribution in [2.24, 2.45) is 0 Å². The molecule has 3 aromatic heterocycles. The third-order valence-electron chi connectivity index (χ3n) is 3.47. The number of hydrogen-bond donors (Lipinski definition) is 1. The van der Waals surface area contributed by atoms with Crippen LogP contribution in [0.25, 0.3) is 22.6 Å². The fourth-order valence-corrected chi connectivity index (χ4v) is 2.30. The smallest absolute Gasteiger partial charge is 0.322 e. The Morgan fingerprint density at radius 3 is 2.83 bits per heavy atom. The third kappa shape index (κ3) is 2.63. The van der Waals surface area contributed by atoms with Gasteiger partial charge in [-0.25, -0.2) is 0 Å². The molecule has 0 radical (unpaired) electrons. The second kappa shape index (κ2) is 5.62. The van der Waals surface area contributed by atoms with Crippen molar-refractivity contribution in [2.45, 2.75) is 6.92 Å². The van der Waals surface area contributed by atoms with Crippen LogP contribution < -0.4 is 5.32 Å². The molecule has 0 bridgehead atoms. The maximum Gasteiger partial charge on any atom is 0.322 e. The summed E-state index contributed by atoms with van der Waals surface area (Å²) in [6, 6.07) is 12.6. The highest BCUT2D eigenvalue weighted by Gasteiger charge is 2.14. The number of aryl methyl sites for hydroxylation is 1. The summed E-state index contributed by atoms with van der Waals surface area (Å²) in [7, 11) is 0. The summed E-state index contributed by atoms with van der Waals surface area (Å²) in [5, 5.41) is 11.2. The van der Waals surface area contributed by atoms with Crippen LogP contribution in [0.4, 0.5) is 6.01 Å². The largest absolute Gasteiger partial charge is 0.459 e. The number of nitrogens with one attached hydrogen (secondary N) is 1. The topological polar surface area (TPSA) is 94.1 Å². The van der Waals surface area contributed by atoms with Crippen LogP contribution in [0.5, 0.6) is 0 Å². The number of benzene rings is 1. The second-order valence-electron chi connectivity index (χ2n) is 5.20. The van der Waals surface area contributed by atoms with Crippen molar-refractivity contribution in [1.29, 1.82) is 0 Å². The van der Waals surface area contributed by atoms with Gasteiger partial charge in [0.15, 0.2) is 5.76 Å². The predicted molar refractivity (Wildman–Crippen MR) is 86.4 cm³/mol. The molecule has 0 aliphatic carbocycles. The molecule has 1 N–H and O–H groups in total. The highest BCUT2D eigenvalue weighted by Crippen LogP contribution is 2.21. The van der Waals surface area contributed by atoms with Crippen LogP contribution in [0.2, 0.25) is 0 Å². The van der Waals surface area contributed by atoms with Gasteiger partial charge in [0.05, 0.1) is 11.8 Å². The fourth-order valence-electron chi connectivity index (χ4n) is 2.30. The molecule has 3 heterocycles. The van der Waals surface area contributed by atoms with Gasteiger partial charge in [-0.1, -0.05) is 17.2 Å². The lowest BCUT2D eigenvalue weighted by molar-refractivity contribution is 0.102. The quantitative estimate of drug-likeness (QED) is 0.621. The number of pyridine rings is 1. The Kier molecular flexibility index (Phi) is 3.31. The minimum atomic E-state index is -0.352. The standard InChI is InChI=1S/C17H12N4O3/c1-10-4-5-11-6-7-12(9-13(11)18-10)15(22)19-17-21-20-16(24-17)14-3-2-8-23-14/h2-9H,1H3,(H,19,21,22). The predicted octanol–water partition coefficient (Wildman–Crippen LogP) is 3.44. The van der Waals surface area contributed by atoms with E-state index in [9.17, 15) is 4.79 Å². The summed E-state index contributed by atoms with van der Waals surface area (Å²) < 4.78 is 10.5. The lowest BCUT2D eigenvalue weighted by atomic mass is 10.1. The van der Waals surface area contributed by atoms with Gasteiger partial charge >= 0.3 is 6.01 Å². The number of carbonyl (C=O) groups is 1. The van der Waals surface area contributed by atoms with Crippen LogP contribution in [0.15, 0.2) is 57.6 Å². The molecule has 7 nitrogen and oxygen atoms in total. The van der Waals surface area contributed by atoms with Gasteiger partial charge < -0.3 is 8.83 Å². The van der Waals surface area contributed by atoms with Gasteiger partial charge in [-0.2, -0.15) is 0 Å². The molecule has 1 amide bonds. The number of aromatic nitrogens is 3. The van der Waals surface area contributed by atoms with Crippen molar-refractivity contribution in [3.05, 3.63) is 60.0 Å². The average molecular weight is 320 g/mol. The Morgan fingerprint density at radius 2 is 2.00 bits per heavy atom. The number of amides is 1. The molecule has 118 valence electrons. The fraction of sp³-hybridized carbons (Fsp3) is 0.0588. The van der Waals surface area contributed by atoms with Crippen molar-refractivity contribution in [1.82, 2.24) is 15.2 Å². The third-order valence-corrected chi connectivity index (χ3v) is 3.47. The Balaban J connectivity index is 1.58. The molecule has 4 aromatic rings. The van der Waals surface area contributed by atoms with Gasteiger partial charge in [0.1, 0.15) is 0 Å². The lowest BCUT2D eigenvalue weighted by Gasteiger charge is -2.03. The molecule has 1 aromatic carbocycles. The zero-order valence-electron chi connectivity index (χ0n) is 12.7. The van der Waals surface area contributed by atoms with Crippen molar-refractivity contribution >= 4 is 22.8 Å². The van der Waals surface area contributed by atoms with Gasteiger partial charge in [0.2, 0.25) is 0 Å². The molecule has 24 heavy (non-hydrogen) atoms. The summed E-state index contributed by atoms with van der Waals surface area (Å²) in [4.78, 5) is 16.8. The van der Waals surface area contributed by atoms with Gasteiger partial charge in [0, 0.05) is 16.6 Å². The molecular weight excluding hydrogens is 308 g/mol. The Bertz CT molecular complexity index is 1020. The molecule has 0 aliphatic heterocycles. The average Bonchev–Trinajstić information content (AvgIpc) is 3.25. The summed E-state index contributed by atoms with van der Waals surface area (Å²) in [6.45, 7) is 1.90. The molecule has 0 aliphatic rings. The summed E-state index contributed by atoms with van der Waals surface area (Å²) in [5.41, 5.74) is 2.10. The summed E-state index contributed by atoms with van der Waals surface area (Å²) >= 11 is 0. The zero-order valence-corrected chi connectivity index (χ0v) is 12.7. The van der Waals surface area contributed by atoms with E-state index in [-0.39, 0.29) is 17.8 Å². The number of nitrogens with zero attached hydrogens (tertiary/aromatic N) is 3. The number of fused-ring (bicyclic) bond motifs is 1. The molecule has 7 heteroatoms. The van der Waals surface area contributed by atoms with Crippen LogP contribution in [-0.4, -0.2) is 21.1 Å². The number of anilines is 1. The van der Waals surface area contributed by atoms with Crippen molar-refractivity contribution in [3.63, 3.8) is 0 Å². The maximum absolute atomic E-state index is 12.3. The van der Waals surface area contributed by atoms with E-state index in [1.54, 1.807) is 24.3 Å². The van der Waals surface area contributed by atoms with Crippen LogP contribution in [0.3, 0.4) is 0 Å². The summed E-state index contributed by atoms with van der Waals surface area (Å²) in [6.07, 6.45) is 1.50. The monoisotopic (exact) mass is 320 g/mol. The maximum atomic E-state index is 12.3. The zero-order chi connectivity index (χ0) is 16.5. The van der Waals surface area contributed by atoms with Crippen molar-refractivity contribution in [2.75, 3.05) is 5.32 Å². The minimum Gasteiger partial charge on any atom is -0.459 e.